The van der Waals surface area contributed by atoms with Crippen LogP contribution in [0.5, 0.6) is 0 Å². The lowest BCUT2D eigenvalue weighted by Crippen LogP contribution is -2.29. The normalized spacial score (nSPS) is 13.9. The van der Waals surface area contributed by atoms with Crippen LogP contribution < -0.4 is 0 Å². The van der Waals surface area contributed by atoms with Crippen molar-refractivity contribution >= 4 is 5.97 Å². The predicted molar refractivity (Wildman–Crippen MR) is 37.9 cm³/mol. The van der Waals surface area contributed by atoms with E-state index in [4.69, 9.17) is 5.11 Å². The monoisotopic (exact) mass is 200 g/mol. The van der Waals surface area contributed by atoms with Gasteiger partial charge in [0.15, 0.2) is 0 Å². The zero-order valence-corrected chi connectivity index (χ0v) is 7.10. The average molecular weight is 200 g/mol. The second-order valence-electron chi connectivity index (χ2n) is 2.40. The molecule has 0 radical (unpaired) electrons. The van der Waals surface area contributed by atoms with Crippen molar-refractivity contribution < 1.29 is 27.8 Å². The van der Waals surface area contributed by atoms with Crippen molar-refractivity contribution in [1.82, 2.24) is 0 Å². The molecule has 1 atom stereocenters. The highest BCUT2D eigenvalue weighted by Gasteiger charge is 2.37. The van der Waals surface area contributed by atoms with E-state index in [2.05, 4.69) is 4.74 Å². The van der Waals surface area contributed by atoms with Crippen LogP contribution in [0.15, 0.2) is 0 Å². The number of esters is 1. The number of carbonyl (C=O) groups is 1. The minimum atomic E-state index is -4.66. The second kappa shape index (κ2) is 5.06. The molecular weight excluding hydrogens is 189 g/mol. The fourth-order valence-electron chi connectivity index (χ4n) is 0.651. The summed E-state index contributed by atoms with van der Waals surface area (Å²) in [5, 5.41) is 8.47. The van der Waals surface area contributed by atoms with E-state index in [0.29, 0.717) is 0 Å². The number of rotatable bonds is 4. The van der Waals surface area contributed by atoms with Gasteiger partial charge >= 0.3 is 12.1 Å². The van der Waals surface area contributed by atoms with Gasteiger partial charge in [0.2, 0.25) is 0 Å². The van der Waals surface area contributed by atoms with Gasteiger partial charge in [-0.15, -0.1) is 0 Å². The summed E-state index contributed by atoms with van der Waals surface area (Å²) in [5.41, 5.74) is 0. The highest BCUT2D eigenvalue weighted by molar-refractivity contribution is 5.69. The molecule has 0 bridgehead atoms. The van der Waals surface area contributed by atoms with Gasteiger partial charge in [0, 0.05) is 6.42 Å². The highest BCUT2D eigenvalue weighted by atomic mass is 19.4. The van der Waals surface area contributed by atoms with Crippen LogP contribution in [0.3, 0.4) is 0 Å². The summed E-state index contributed by atoms with van der Waals surface area (Å²) in [4.78, 5) is 10.6. The van der Waals surface area contributed by atoms with Crippen LogP contribution in [-0.2, 0) is 9.53 Å². The van der Waals surface area contributed by atoms with E-state index >= 15 is 0 Å². The molecule has 0 fully saturated rings. The number of halogens is 3. The lowest BCUT2D eigenvalue weighted by Gasteiger charge is -2.13. The summed E-state index contributed by atoms with van der Waals surface area (Å²) >= 11 is 0. The smallest absolute Gasteiger partial charge is 0.414 e. The van der Waals surface area contributed by atoms with Gasteiger partial charge in [-0.25, -0.2) is 0 Å². The SMILES string of the molecule is CCOC(=O)CC[C@@H](O)C(F)(F)F. The molecule has 0 amide bonds. The van der Waals surface area contributed by atoms with E-state index < -0.39 is 31.1 Å². The van der Waals surface area contributed by atoms with E-state index in [1.165, 1.54) is 0 Å². The van der Waals surface area contributed by atoms with Gasteiger partial charge in [0.25, 0.3) is 0 Å². The molecule has 0 spiro atoms. The summed E-state index contributed by atoms with van der Waals surface area (Å²) in [5.74, 6) is -0.731. The molecular formula is C7H11F3O3. The molecule has 0 saturated heterocycles. The predicted octanol–water partition coefficient (Wildman–Crippen LogP) is 1.25. The Morgan fingerprint density at radius 1 is 1.54 bits per heavy atom. The third-order valence-electron chi connectivity index (χ3n) is 1.31. The molecule has 0 heterocycles. The van der Waals surface area contributed by atoms with Gasteiger partial charge in [-0.1, -0.05) is 0 Å². The summed E-state index contributed by atoms with van der Waals surface area (Å²) < 4.78 is 39.4. The molecule has 0 aromatic rings. The number of ether oxygens (including phenoxy) is 1. The van der Waals surface area contributed by atoms with Gasteiger partial charge < -0.3 is 9.84 Å². The number of alkyl halides is 3. The molecule has 0 aromatic carbocycles. The zero-order chi connectivity index (χ0) is 10.5. The number of hydrogen-bond donors (Lipinski definition) is 1. The summed E-state index contributed by atoms with van der Waals surface area (Å²) in [6.07, 6.45) is -8.18. The van der Waals surface area contributed by atoms with E-state index in [9.17, 15) is 18.0 Å². The lowest BCUT2D eigenvalue weighted by atomic mass is 10.2. The maximum absolute atomic E-state index is 11.7. The van der Waals surface area contributed by atoms with Crippen molar-refractivity contribution in [3.8, 4) is 0 Å². The molecule has 13 heavy (non-hydrogen) atoms. The second-order valence-corrected chi connectivity index (χ2v) is 2.40. The third-order valence-corrected chi connectivity index (χ3v) is 1.31. The van der Waals surface area contributed by atoms with Crippen LogP contribution in [0.25, 0.3) is 0 Å². The number of carbonyl (C=O) groups excluding carboxylic acids is 1. The van der Waals surface area contributed by atoms with Crippen molar-refractivity contribution in [2.75, 3.05) is 6.61 Å². The van der Waals surface area contributed by atoms with Crippen LogP contribution in [-0.4, -0.2) is 30.0 Å². The molecule has 0 aliphatic heterocycles. The Morgan fingerprint density at radius 3 is 2.46 bits per heavy atom. The number of hydrogen-bond acceptors (Lipinski definition) is 3. The summed E-state index contributed by atoms with van der Waals surface area (Å²) in [6, 6.07) is 0. The Hall–Kier alpha value is -0.780. The summed E-state index contributed by atoms with van der Waals surface area (Å²) in [7, 11) is 0. The standard InChI is InChI=1S/C7H11F3O3/c1-2-13-6(12)4-3-5(11)7(8,9)10/h5,11H,2-4H2,1H3/t5-/m1/s1. The minimum absolute atomic E-state index is 0.126. The van der Waals surface area contributed by atoms with Crippen molar-refractivity contribution in [2.45, 2.75) is 32.0 Å². The fourth-order valence-corrected chi connectivity index (χ4v) is 0.651. The first kappa shape index (κ1) is 12.2. The molecule has 0 saturated carbocycles. The van der Waals surface area contributed by atoms with Gasteiger partial charge in [-0.3, -0.25) is 4.79 Å². The van der Waals surface area contributed by atoms with Crippen molar-refractivity contribution in [3.63, 3.8) is 0 Å². The zero-order valence-electron chi connectivity index (χ0n) is 7.10. The number of aliphatic hydroxyl groups excluding tert-OH is 1. The molecule has 1 N–H and O–H groups in total. The third kappa shape index (κ3) is 5.46. The minimum Gasteiger partial charge on any atom is -0.466 e. The molecule has 0 aliphatic carbocycles. The van der Waals surface area contributed by atoms with Crippen LogP contribution in [0.4, 0.5) is 13.2 Å². The Kier molecular flexibility index (Phi) is 4.76. The first-order valence-electron chi connectivity index (χ1n) is 3.78. The van der Waals surface area contributed by atoms with Gasteiger partial charge in [0.1, 0.15) is 6.10 Å². The van der Waals surface area contributed by atoms with E-state index in [-0.39, 0.29) is 6.61 Å². The van der Waals surface area contributed by atoms with E-state index in [1.54, 1.807) is 6.92 Å². The van der Waals surface area contributed by atoms with E-state index in [1.807, 2.05) is 0 Å². The van der Waals surface area contributed by atoms with Crippen LogP contribution in [0.1, 0.15) is 19.8 Å². The highest BCUT2D eigenvalue weighted by Crippen LogP contribution is 2.23. The Morgan fingerprint density at radius 2 is 2.08 bits per heavy atom. The lowest BCUT2D eigenvalue weighted by molar-refractivity contribution is -0.206. The Bertz CT molecular complexity index is 167. The topological polar surface area (TPSA) is 46.5 Å². The number of aliphatic hydroxyl groups is 1. The van der Waals surface area contributed by atoms with Crippen LogP contribution in [0, 0.1) is 0 Å². The van der Waals surface area contributed by atoms with Gasteiger partial charge in [0.05, 0.1) is 6.61 Å². The summed E-state index contributed by atoms with van der Waals surface area (Å²) in [6.45, 7) is 1.68. The quantitative estimate of drug-likeness (QED) is 0.695. The van der Waals surface area contributed by atoms with E-state index in [0.717, 1.165) is 0 Å². The van der Waals surface area contributed by atoms with Crippen molar-refractivity contribution in [1.29, 1.82) is 0 Å². The maximum atomic E-state index is 11.7. The van der Waals surface area contributed by atoms with Gasteiger partial charge in [-0.2, -0.15) is 13.2 Å². The molecule has 0 aromatic heterocycles. The van der Waals surface area contributed by atoms with Crippen molar-refractivity contribution in [2.24, 2.45) is 0 Å². The first-order chi connectivity index (χ1) is 5.88. The molecule has 6 heteroatoms. The first-order valence-corrected chi connectivity index (χ1v) is 3.78. The Labute approximate surface area is 73.5 Å². The molecule has 0 rings (SSSR count). The van der Waals surface area contributed by atoms with Crippen LogP contribution >= 0.6 is 0 Å². The average Bonchev–Trinajstić information content (AvgIpc) is 1.99. The largest absolute Gasteiger partial charge is 0.466 e. The maximum Gasteiger partial charge on any atom is 0.414 e. The molecule has 0 unspecified atom stereocenters. The van der Waals surface area contributed by atoms with Crippen molar-refractivity contribution in [3.05, 3.63) is 0 Å². The fraction of sp³-hybridized carbons (Fsp3) is 0.857. The molecule has 3 nitrogen and oxygen atoms in total. The molecule has 78 valence electrons. The van der Waals surface area contributed by atoms with Gasteiger partial charge in [-0.05, 0) is 13.3 Å². The van der Waals surface area contributed by atoms with Crippen LogP contribution in [0.2, 0.25) is 0 Å². The Balaban J connectivity index is 3.70. The molecule has 0 aliphatic rings.